The largest absolute Gasteiger partial charge is 0.398 e. The molecule has 0 aliphatic rings. The summed E-state index contributed by atoms with van der Waals surface area (Å²) in [6.07, 6.45) is 0. The van der Waals surface area contributed by atoms with Crippen LogP contribution < -0.4 is 11.1 Å². The van der Waals surface area contributed by atoms with E-state index in [-0.39, 0.29) is 11.3 Å². The van der Waals surface area contributed by atoms with Crippen molar-refractivity contribution in [2.45, 2.75) is 0 Å². The molecule has 0 saturated heterocycles. The first-order chi connectivity index (χ1) is 9.38. The van der Waals surface area contributed by atoms with Gasteiger partial charge in [-0.25, -0.2) is 8.78 Å². The number of rotatable bonds is 2. The van der Waals surface area contributed by atoms with Gasteiger partial charge in [0.15, 0.2) is 11.6 Å². The zero-order chi connectivity index (χ0) is 14.9. The third-order valence-electron chi connectivity index (χ3n) is 2.51. The van der Waals surface area contributed by atoms with Crippen molar-refractivity contribution < 1.29 is 13.6 Å². The van der Waals surface area contributed by atoms with Crippen LogP contribution in [0, 0.1) is 11.6 Å². The lowest BCUT2D eigenvalue weighted by molar-refractivity contribution is 0.102. The Morgan fingerprint density at radius 2 is 1.75 bits per heavy atom. The van der Waals surface area contributed by atoms with Gasteiger partial charge in [0, 0.05) is 20.7 Å². The first-order valence-corrected chi connectivity index (χ1v) is 6.98. The van der Waals surface area contributed by atoms with Gasteiger partial charge in [-0.3, -0.25) is 4.79 Å². The van der Waals surface area contributed by atoms with Crippen LogP contribution in [-0.4, -0.2) is 5.91 Å². The number of amides is 1. The topological polar surface area (TPSA) is 55.1 Å². The number of benzene rings is 2. The second-order valence-corrected chi connectivity index (χ2v) is 5.70. The fraction of sp³-hybridized carbons (Fsp3) is 0. The Kier molecular flexibility index (Phi) is 4.39. The first-order valence-electron chi connectivity index (χ1n) is 5.39. The van der Waals surface area contributed by atoms with E-state index in [4.69, 9.17) is 5.73 Å². The Bertz CT molecular complexity index is 692. The van der Waals surface area contributed by atoms with E-state index in [1.807, 2.05) is 0 Å². The van der Waals surface area contributed by atoms with Crippen LogP contribution in [0.25, 0.3) is 0 Å². The molecule has 2 aromatic carbocycles. The van der Waals surface area contributed by atoms with Crippen molar-refractivity contribution in [2.24, 2.45) is 0 Å². The van der Waals surface area contributed by atoms with Gasteiger partial charge in [-0.2, -0.15) is 0 Å². The molecule has 0 saturated carbocycles. The van der Waals surface area contributed by atoms with E-state index in [1.165, 1.54) is 0 Å². The number of nitrogens with one attached hydrogen (secondary N) is 1. The molecule has 0 atom stereocenters. The van der Waals surface area contributed by atoms with Crippen molar-refractivity contribution in [3.63, 3.8) is 0 Å². The molecule has 0 spiro atoms. The van der Waals surface area contributed by atoms with Crippen LogP contribution in [0.2, 0.25) is 0 Å². The van der Waals surface area contributed by atoms with Crippen LogP contribution in [0.4, 0.5) is 20.2 Å². The molecule has 0 aliphatic carbocycles. The highest BCUT2D eigenvalue weighted by molar-refractivity contribution is 9.11. The minimum atomic E-state index is -1.13. The van der Waals surface area contributed by atoms with Gasteiger partial charge in [0.25, 0.3) is 5.91 Å². The fourth-order valence-corrected chi connectivity index (χ4v) is 2.25. The molecule has 0 aromatic heterocycles. The molecular weight excluding hydrogens is 398 g/mol. The van der Waals surface area contributed by atoms with Gasteiger partial charge in [0.2, 0.25) is 0 Å². The first kappa shape index (κ1) is 14.9. The van der Waals surface area contributed by atoms with E-state index < -0.39 is 17.5 Å². The van der Waals surface area contributed by atoms with Gasteiger partial charge < -0.3 is 11.1 Å². The molecule has 2 rings (SSSR count). The second kappa shape index (κ2) is 5.88. The average Bonchev–Trinajstić information content (AvgIpc) is 2.38. The van der Waals surface area contributed by atoms with Crippen LogP contribution in [-0.2, 0) is 0 Å². The quantitative estimate of drug-likeness (QED) is 0.731. The van der Waals surface area contributed by atoms with E-state index in [1.54, 1.807) is 18.2 Å². The van der Waals surface area contributed by atoms with Gasteiger partial charge in [-0.05, 0) is 40.2 Å². The van der Waals surface area contributed by atoms with E-state index >= 15 is 0 Å². The number of halogens is 4. The normalized spacial score (nSPS) is 10.4. The standard InChI is InChI=1S/C13H8Br2F2N2O/c14-6-1-2-8(15)12(3-6)19-13(20)7-4-9(16)10(17)5-11(7)18/h1-5H,18H2,(H,19,20). The Morgan fingerprint density at radius 3 is 2.45 bits per heavy atom. The summed E-state index contributed by atoms with van der Waals surface area (Å²) in [6, 6.07) is 6.73. The summed E-state index contributed by atoms with van der Waals surface area (Å²) >= 11 is 6.55. The molecule has 3 nitrogen and oxygen atoms in total. The summed E-state index contributed by atoms with van der Waals surface area (Å²) in [6.45, 7) is 0. The lowest BCUT2D eigenvalue weighted by Gasteiger charge is -2.10. The van der Waals surface area contributed by atoms with E-state index in [0.29, 0.717) is 10.2 Å². The molecule has 1 amide bonds. The molecule has 0 bridgehead atoms. The highest BCUT2D eigenvalue weighted by Gasteiger charge is 2.15. The van der Waals surface area contributed by atoms with Crippen LogP contribution in [0.1, 0.15) is 10.4 Å². The molecule has 20 heavy (non-hydrogen) atoms. The number of anilines is 2. The molecule has 7 heteroatoms. The number of carbonyl (C=O) groups is 1. The number of nitrogens with two attached hydrogens (primary N) is 1. The zero-order valence-electron chi connectivity index (χ0n) is 9.88. The Labute approximate surface area is 130 Å². The summed E-state index contributed by atoms with van der Waals surface area (Å²) in [5.41, 5.74) is 5.74. The number of carbonyl (C=O) groups excluding carboxylic acids is 1. The van der Waals surface area contributed by atoms with Crippen molar-refractivity contribution in [2.75, 3.05) is 11.1 Å². The maximum Gasteiger partial charge on any atom is 0.257 e. The molecule has 0 aliphatic heterocycles. The third-order valence-corrected chi connectivity index (χ3v) is 3.70. The summed E-state index contributed by atoms with van der Waals surface area (Å²) in [5.74, 6) is -2.85. The number of nitrogen functional groups attached to an aromatic ring is 1. The van der Waals surface area contributed by atoms with E-state index in [0.717, 1.165) is 16.6 Å². The molecule has 2 aromatic rings. The van der Waals surface area contributed by atoms with Crippen LogP contribution in [0.3, 0.4) is 0 Å². The van der Waals surface area contributed by atoms with Gasteiger partial charge in [0.1, 0.15) is 0 Å². The minimum Gasteiger partial charge on any atom is -0.398 e. The summed E-state index contributed by atoms with van der Waals surface area (Å²) in [4.78, 5) is 12.0. The minimum absolute atomic E-state index is 0.129. The van der Waals surface area contributed by atoms with Crippen molar-refractivity contribution in [3.8, 4) is 0 Å². The van der Waals surface area contributed by atoms with Crippen LogP contribution in [0.5, 0.6) is 0 Å². The van der Waals surface area contributed by atoms with Crippen molar-refractivity contribution in [1.29, 1.82) is 0 Å². The second-order valence-electron chi connectivity index (χ2n) is 3.93. The molecule has 3 N–H and O–H groups in total. The Hall–Kier alpha value is -1.47. The van der Waals surface area contributed by atoms with Crippen molar-refractivity contribution in [3.05, 3.63) is 56.5 Å². The van der Waals surface area contributed by atoms with Gasteiger partial charge in [-0.1, -0.05) is 15.9 Å². The van der Waals surface area contributed by atoms with Crippen LogP contribution in [0.15, 0.2) is 39.3 Å². The lowest BCUT2D eigenvalue weighted by atomic mass is 10.1. The predicted octanol–water partition coefficient (Wildman–Crippen LogP) is 4.32. The highest BCUT2D eigenvalue weighted by Crippen LogP contribution is 2.27. The summed E-state index contributed by atoms with van der Waals surface area (Å²) < 4.78 is 27.5. The monoisotopic (exact) mass is 404 g/mol. The van der Waals surface area contributed by atoms with Crippen molar-refractivity contribution >= 4 is 49.1 Å². The maximum absolute atomic E-state index is 13.2. The summed E-state index contributed by atoms with van der Waals surface area (Å²) in [7, 11) is 0. The molecule has 104 valence electrons. The van der Waals surface area contributed by atoms with E-state index in [2.05, 4.69) is 37.2 Å². The van der Waals surface area contributed by atoms with Crippen molar-refractivity contribution in [1.82, 2.24) is 0 Å². The smallest absolute Gasteiger partial charge is 0.257 e. The summed E-state index contributed by atoms with van der Waals surface area (Å²) in [5, 5.41) is 2.57. The van der Waals surface area contributed by atoms with E-state index in [9.17, 15) is 13.6 Å². The SMILES string of the molecule is Nc1cc(F)c(F)cc1C(=O)Nc1cc(Br)ccc1Br. The average molecular weight is 406 g/mol. The highest BCUT2D eigenvalue weighted by atomic mass is 79.9. The molecule has 0 heterocycles. The third kappa shape index (κ3) is 3.16. The Morgan fingerprint density at radius 1 is 1.10 bits per heavy atom. The molecule has 0 unspecified atom stereocenters. The van der Waals surface area contributed by atoms with Gasteiger partial charge >= 0.3 is 0 Å². The zero-order valence-corrected chi connectivity index (χ0v) is 13.1. The predicted molar refractivity (Wildman–Crippen MR) is 80.6 cm³/mol. The Balaban J connectivity index is 2.33. The lowest BCUT2D eigenvalue weighted by Crippen LogP contribution is -2.15. The number of hydrogen-bond donors (Lipinski definition) is 2. The molecule has 0 radical (unpaired) electrons. The van der Waals surface area contributed by atoms with Crippen LogP contribution >= 0.6 is 31.9 Å². The fourth-order valence-electron chi connectivity index (χ4n) is 1.54. The maximum atomic E-state index is 13.2. The number of hydrogen-bond acceptors (Lipinski definition) is 2. The van der Waals surface area contributed by atoms with Gasteiger partial charge in [-0.15, -0.1) is 0 Å². The molecular formula is C13H8Br2F2N2O. The molecule has 0 fully saturated rings. The van der Waals surface area contributed by atoms with Gasteiger partial charge in [0.05, 0.1) is 11.3 Å².